The number of aromatic nitrogens is 2. The molecule has 0 saturated heterocycles. The average Bonchev–Trinajstić information content (AvgIpc) is 3.45. The van der Waals surface area contributed by atoms with Gasteiger partial charge in [-0.1, -0.05) is 25.0 Å². The lowest BCUT2D eigenvalue weighted by molar-refractivity contribution is -0.140. The summed E-state index contributed by atoms with van der Waals surface area (Å²) in [5.41, 5.74) is 2.96. The number of esters is 1. The van der Waals surface area contributed by atoms with Crippen LogP contribution in [0.3, 0.4) is 0 Å². The molecule has 0 spiro atoms. The van der Waals surface area contributed by atoms with Gasteiger partial charge in [0.05, 0.1) is 30.1 Å². The predicted octanol–water partition coefficient (Wildman–Crippen LogP) is 3.81. The molecular formula is C24H25N3O5. The maximum Gasteiger partial charge on any atom is 0.335 e. The van der Waals surface area contributed by atoms with Gasteiger partial charge in [0.2, 0.25) is 0 Å². The molecule has 1 saturated carbocycles. The predicted molar refractivity (Wildman–Crippen MR) is 119 cm³/mol. The molecule has 0 aliphatic heterocycles. The summed E-state index contributed by atoms with van der Waals surface area (Å²) < 4.78 is 6.77. The molecule has 1 aliphatic rings. The molecule has 1 heterocycles. The van der Waals surface area contributed by atoms with Crippen molar-refractivity contribution < 1.29 is 24.2 Å². The van der Waals surface area contributed by atoms with E-state index >= 15 is 0 Å². The van der Waals surface area contributed by atoms with E-state index in [9.17, 15) is 19.5 Å². The van der Waals surface area contributed by atoms with Crippen LogP contribution >= 0.6 is 0 Å². The smallest absolute Gasteiger partial charge is 0.335 e. The zero-order valence-electron chi connectivity index (χ0n) is 17.8. The number of carboxylic acids is 1. The quantitative estimate of drug-likeness (QED) is 0.546. The fourth-order valence-electron chi connectivity index (χ4n) is 4.25. The first-order chi connectivity index (χ1) is 15.5. The van der Waals surface area contributed by atoms with Gasteiger partial charge < -0.3 is 19.7 Å². The van der Waals surface area contributed by atoms with Gasteiger partial charge in [0.1, 0.15) is 5.82 Å². The largest absolute Gasteiger partial charge is 0.478 e. The molecule has 4 rings (SSSR count). The number of carbonyl (C=O) groups is 3. The number of imidazole rings is 1. The summed E-state index contributed by atoms with van der Waals surface area (Å²) in [4.78, 5) is 40.0. The highest BCUT2D eigenvalue weighted by atomic mass is 16.5. The highest BCUT2D eigenvalue weighted by Gasteiger charge is 2.24. The number of carbonyl (C=O) groups excluding carboxylic acids is 2. The van der Waals surface area contributed by atoms with Crippen LogP contribution in [0.4, 0.5) is 0 Å². The van der Waals surface area contributed by atoms with Gasteiger partial charge in [0, 0.05) is 23.7 Å². The van der Waals surface area contributed by atoms with Crippen LogP contribution in [0, 0.1) is 0 Å². The molecule has 1 aromatic heterocycles. The number of ether oxygens (including phenoxy) is 1. The summed E-state index contributed by atoms with van der Waals surface area (Å²) in [6, 6.07) is 12.5. The number of nitrogens with zero attached hydrogens (tertiary/aromatic N) is 2. The third-order valence-electron chi connectivity index (χ3n) is 5.85. The Kier molecular flexibility index (Phi) is 6.20. The lowest BCUT2D eigenvalue weighted by atomic mass is 10.1. The van der Waals surface area contributed by atoms with Crippen molar-refractivity contribution in [2.45, 2.75) is 38.1 Å². The number of amides is 1. The van der Waals surface area contributed by atoms with Gasteiger partial charge in [-0.25, -0.2) is 9.78 Å². The number of methoxy groups -OCH3 is 1. The van der Waals surface area contributed by atoms with Gasteiger partial charge in [-0.2, -0.15) is 0 Å². The van der Waals surface area contributed by atoms with Crippen molar-refractivity contribution in [3.05, 3.63) is 53.6 Å². The number of hydrogen-bond acceptors (Lipinski definition) is 5. The third kappa shape index (κ3) is 4.34. The topological polar surface area (TPSA) is 111 Å². The van der Waals surface area contributed by atoms with Gasteiger partial charge in [-0.3, -0.25) is 9.59 Å². The van der Waals surface area contributed by atoms with E-state index < -0.39 is 5.97 Å². The van der Waals surface area contributed by atoms with Crippen molar-refractivity contribution in [1.29, 1.82) is 0 Å². The summed E-state index contributed by atoms with van der Waals surface area (Å²) in [5.74, 6) is -0.939. The molecule has 2 N–H and O–H groups in total. The summed E-state index contributed by atoms with van der Waals surface area (Å²) >= 11 is 0. The molecule has 166 valence electrons. The fraction of sp³-hybridized carbons (Fsp3) is 0.333. The van der Waals surface area contributed by atoms with Crippen LogP contribution in [-0.4, -0.2) is 46.2 Å². The number of rotatable bonds is 7. The van der Waals surface area contributed by atoms with E-state index in [1.54, 1.807) is 30.3 Å². The van der Waals surface area contributed by atoms with Crippen molar-refractivity contribution in [2.75, 3.05) is 13.7 Å². The normalized spacial score (nSPS) is 13.9. The molecule has 32 heavy (non-hydrogen) atoms. The molecule has 1 fully saturated rings. The zero-order valence-corrected chi connectivity index (χ0v) is 17.8. The second-order valence-corrected chi connectivity index (χ2v) is 7.92. The van der Waals surface area contributed by atoms with E-state index in [0.717, 1.165) is 42.6 Å². The van der Waals surface area contributed by atoms with Gasteiger partial charge in [-0.15, -0.1) is 0 Å². The monoisotopic (exact) mass is 435 g/mol. The SMILES string of the molecule is COC(=O)CCNC(=O)c1cccc(-c2nc3cc(C(=O)O)ccc3n2C2CCCC2)c1. The number of benzene rings is 2. The minimum atomic E-state index is -0.991. The molecule has 0 radical (unpaired) electrons. The molecular weight excluding hydrogens is 410 g/mol. The van der Waals surface area contributed by atoms with Crippen LogP contribution in [0.5, 0.6) is 0 Å². The highest BCUT2D eigenvalue weighted by molar-refractivity contribution is 5.96. The van der Waals surface area contributed by atoms with E-state index in [4.69, 9.17) is 4.98 Å². The Labute approximate surface area is 185 Å². The van der Waals surface area contributed by atoms with Crippen molar-refractivity contribution in [1.82, 2.24) is 14.9 Å². The number of aromatic carboxylic acids is 1. The fourth-order valence-corrected chi connectivity index (χ4v) is 4.25. The van der Waals surface area contributed by atoms with E-state index in [2.05, 4.69) is 14.6 Å². The molecule has 0 atom stereocenters. The van der Waals surface area contributed by atoms with Crippen LogP contribution in [0.2, 0.25) is 0 Å². The van der Waals surface area contributed by atoms with Crippen molar-refractivity contribution in [2.24, 2.45) is 0 Å². The van der Waals surface area contributed by atoms with Crippen molar-refractivity contribution >= 4 is 28.9 Å². The minimum absolute atomic E-state index is 0.102. The molecule has 1 amide bonds. The zero-order chi connectivity index (χ0) is 22.7. The number of fused-ring (bicyclic) bond motifs is 1. The van der Waals surface area contributed by atoms with E-state index in [-0.39, 0.29) is 36.4 Å². The van der Waals surface area contributed by atoms with Crippen LogP contribution in [0.25, 0.3) is 22.4 Å². The standard InChI is InChI=1S/C24H25N3O5/c1-32-21(28)11-12-25-23(29)16-6-4-5-15(13-16)22-26-19-14-17(24(30)31)9-10-20(19)27(22)18-7-2-3-8-18/h4-6,9-10,13-14,18H,2-3,7-8,11-12H2,1H3,(H,25,29)(H,30,31). The van der Waals surface area contributed by atoms with Gasteiger partial charge in [-0.05, 0) is 43.2 Å². The summed E-state index contributed by atoms with van der Waals surface area (Å²) in [6.07, 6.45) is 4.45. The van der Waals surface area contributed by atoms with Gasteiger partial charge in [0.15, 0.2) is 0 Å². The Bertz CT molecular complexity index is 1180. The lowest BCUT2D eigenvalue weighted by Gasteiger charge is -2.17. The molecule has 0 bridgehead atoms. The van der Waals surface area contributed by atoms with Crippen molar-refractivity contribution in [3.8, 4) is 11.4 Å². The van der Waals surface area contributed by atoms with E-state index in [0.29, 0.717) is 11.1 Å². The summed E-state index contributed by atoms with van der Waals surface area (Å²) in [6.45, 7) is 0.189. The molecule has 8 nitrogen and oxygen atoms in total. The number of carboxylic acid groups (broad SMARTS) is 1. The Morgan fingerprint density at radius 1 is 1.12 bits per heavy atom. The first kappa shape index (κ1) is 21.5. The highest BCUT2D eigenvalue weighted by Crippen LogP contribution is 2.37. The number of hydrogen-bond donors (Lipinski definition) is 2. The second-order valence-electron chi connectivity index (χ2n) is 7.92. The summed E-state index contributed by atoms with van der Waals surface area (Å²) in [5, 5.41) is 12.1. The third-order valence-corrected chi connectivity index (χ3v) is 5.85. The number of nitrogens with one attached hydrogen (secondary N) is 1. The van der Waals surface area contributed by atoms with Crippen LogP contribution < -0.4 is 5.32 Å². The maximum atomic E-state index is 12.6. The summed E-state index contributed by atoms with van der Waals surface area (Å²) in [7, 11) is 1.31. The van der Waals surface area contributed by atoms with Crippen LogP contribution in [-0.2, 0) is 9.53 Å². The minimum Gasteiger partial charge on any atom is -0.478 e. The van der Waals surface area contributed by atoms with Crippen molar-refractivity contribution in [3.63, 3.8) is 0 Å². The molecule has 2 aromatic carbocycles. The average molecular weight is 435 g/mol. The second kappa shape index (κ2) is 9.21. The van der Waals surface area contributed by atoms with E-state index in [1.807, 2.05) is 12.1 Å². The Balaban J connectivity index is 1.70. The van der Waals surface area contributed by atoms with Crippen LogP contribution in [0.1, 0.15) is 58.9 Å². The van der Waals surface area contributed by atoms with Gasteiger partial charge >= 0.3 is 11.9 Å². The Morgan fingerprint density at radius 2 is 1.91 bits per heavy atom. The maximum absolute atomic E-state index is 12.6. The molecule has 8 heteroatoms. The van der Waals surface area contributed by atoms with Gasteiger partial charge in [0.25, 0.3) is 5.91 Å². The van der Waals surface area contributed by atoms with E-state index in [1.165, 1.54) is 7.11 Å². The first-order valence-corrected chi connectivity index (χ1v) is 10.7. The Hall–Kier alpha value is -3.68. The lowest BCUT2D eigenvalue weighted by Crippen LogP contribution is -2.26. The molecule has 0 unspecified atom stereocenters. The first-order valence-electron chi connectivity index (χ1n) is 10.7. The van der Waals surface area contributed by atoms with Crippen LogP contribution in [0.15, 0.2) is 42.5 Å². The Morgan fingerprint density at radius 3 is 2.62 bits per heavy atom. The molecule has 1 aliphatic carbocycles. The molecule has 3 aromatic rings.